The summed E-state index contributed by atoms with van der Waals surface area (Å²) < 4.78 is 5.42. The summed E-state index contributed by atoms with van der Waals surface area (Å²) in [4.78, 5) is 24.6. The van der Waals surface area contributed by atoms with Crippen LogP contribution < -0.4 is 4.74 Å². The van der Waals surface area contributed by atoms with Gasteiger partial charge in [-0.05, 0) is 32.4 Å². The van der Waals surface area contributed by atoms with Crippen LogP contribution in [-0.4, -0.2) is 17.3 Å². The van der Waals surface area contributed by atoms with Crippen molar-refractivity contribution >= 4 is 22.8 Å². The molecule has 0 bridgehead atoms. The van der Waals surface area contributed by atoms with E-state index in [1.54, 1.807) is 30.4 Å². The van der Waals surface area contributed by atoms with Gasteiger partial charge in [0, 0.05) is 21.4 Å². The minimum atomic E-state index is -0.507. The number of ether oxygens (including phenoxy) is 1. The maximum absolute atomic E-state index is 12.2. The van der Waals surface area contributed by atoms with E-state index in [-0.39, 0.29) is 23.8 Å². The normalized spacial score (nSPS) is 10.4. The zero-order valence-electron chi connectivity index (χ0n) is 12.0. The predicted octanol–water partition coefficient (Wildman–Crippen LogP) is 3.84. The number of carbonyl (C=O) groups is 1. The summed E-state index contributed by atoms with van der Waals surface area (Å²) in [6.07, 6.45) is 0. The molecule has 1 heterocycles. The molecule has 5 nitrogen and oxygen atoms in total. The van der Waals surface area contributed by atoms with E-state index in [0.717, 1.165) is 9.75 Å². The van der Waals surface area contributed by atoms with Crippen molar-refractivity contribution in [1.82, 2.24) is 0 Å². The molecule has 6 heteroatoms. The Morgan fingerprint density at radius 2 is 2.05 bits per heavy atom. The van der Waals surface area contributed by atoms with E-state index in [2.05, 4.69) is 0 Å². The Labute approximate surface area is 126 Å². The van der Waals surface area contributed by atoms with Gasteiger partial charge in [0.05, 0.1) is 4.92 Å². The van der Waals surface area contributed by atoms with Crippen molar-refractivity contribution in [3.63, 3.8) is 0 Å². The Hall–Kier alpha value is -2.21. The first kappa shape index (κ1) is 15.2. The third-order valence-corrected chi connectivity index (χ3v) is 4.04. The first-order valence-electron chi connectivity index (χ1n) is 6.37. The van der Waals surface area contributed by atoms with Crippen LogP contribution in [0.4, 0.5) is 5.69 Å². The van der Waals surface area contributed by atoms with Crippen LogP contribution in [0.15, 0.2) is 24.3 Å². The van der Waals surface area contributed by atoms with Crippen LogP contribution >= 0.6 is 11.3 Å². The number of nitro groups is 1. The summed E-state index contributed by atoms with van der Waals surface area (Å²) in [5, 5.41) is 11.0. The van der Waals surface area contributed by atoms with Gasteiger partial charge in [-0.2, -0.15) is 0 Å². The Morgan fingerprint density at radius 3 is 2.62 bits per heavy atom. The van der Waals surface area contributed by atoms with Crippen molar-refractivity contribution in [2.75, 3.05) is 6.61 Å². The smallest absolute Gasteiger partial charge is 0.311 e. The lowest BCUT2D eigenvalue weighted by Crippen LogP contribution is -2.13. The summed E-state index contributed by atoms with van der Waals surface area (Å²) >= 11 is 1.55. The van der Waals surface area contributed by atoms with Gasteiger partial charge in [0.1, 0.15) is 0 Å². The molecule has 1 aromatic heterocycles. The molecule has 0 aliphatic rings. The molecule has 0 aliphatic heterocycles. The van der Waals surface area contributed by atoms with E-state index in [9.17, 15) is 14.9 Å². The van der Waals surface area contributed by atoms with Crippen LogP contribution in [0, 0.1) is 30.9 Å². The van der Waals surface area contributed by atoms with Crippen molar-refractivity contribution < 1.29 is 14.5 Å². The number of benzene rings is 1. The second-order valence-electron chi connectivity index (χ2n) is 4.72. The molecule has 0 spiro atoms. The number of hydrogen-bond donors (Lipinski definition) is 0. The fraction of sp³-hybridized carbons (Fsp3) is 0.267. The van der Waals surface area contributed by atoms with Crippen LogP contribution in [0.1, 0.15) is 25.7 Å². The predicted molar refractivity (Wildman–Crippen MR) is 81.5 cm³/mol. The lowest BCUT2D eigenvalue weighted by molar-refractivity contribution is -0.385. The summed E-state index contributed by atoms with van der Waals surface area (Å²) in [5.74, 6) is -0.0187. The molecule has 21 heavy (non-hydrogen) atoms. The van der Waals surface area contributed by atoms with E-state index in [0.29, 0.717) is 11.1 Å². The van der Waals surface area contributed by atoms with Gasteiger partial charge in [-0.1, -0.05) is 12.1 Å². The monoisotopic (exact) mass is 305 g/mol. The van der Waals surface area contributed by atoms with Crippen molar-refractivity contribution in [3.8, 4) is 5.75 Å². The van der Waals surface area contributed by atoms with Gasteiger partial charge < -0.3 is 4.74 Å². The maximum Gasteiger partial charge on any atom is 0.311 e. The molecule has 0 amide bonds. The van der Waals surface area contributed by atoms with Crippen molar-refractivity contribution in [2.24, 2.45) is 0 Å². The number of ketones is 1. The second-order valence-corrected chi connectivity index (χ2v) is 6.18. The highest BCUT2D eigenvalue weighted by Crippen LogP contribution is 2.30. The number of hydrogen-bond acceptors (Lipinski definition) is 5. The van der Waals surface area contributed by atoms with Gasteiger partial charge >= 0.3 is 5.69 Å². The van der Waals surface area contributed by atoms with E-state index in [1.165, 1.54) is 6.07 Å². The molecule has 0 atom stereocenters. The molecule has 110 valence electrons. The first-order valence-corrected chi connectivity index (χ1v) is 7.19. The number of nitrogens with zero attached hydrogens (tertiary/aromatic N) is 1. The van der Waals surface area contributed by atoms with Crippen LogP contribution in [0.2, 0.25) is 0 Å². The number of carbonyl (C=O) groups excluding carboxylic acids is 1. The van der Waals surface area contributed by atoms with E-state index < -0.39 is 4.92 Å². The highest BCUT2D eigenvalue weighted by Gasteiger charge is 2.19. The zero-order valence-corrected chi connectivity index (χ0v) is 12.8. The van der Waals surface area contributed by atoms with E-state index >= 15 is 0 Å². The lowest BCUT2D eigenvalue weighted by Gasteiger charge is -2.08. The Bertz CT molecular complexity index is 706. The van der Waals surface area contributed by atoms with Crippen LogP contribution in [-0.2, 0) is 0 Å². The largest absolute Gasteiger partial charge is 0.478 e. The molecule has 0 radical (unpaired) electrons. The van der Waals surface area contributed by atoms with E-state index in [4.69, 9.17) is 4.74 Å². The van der Waals surface area contributed by atoms with Gasteiger partial charge in [0.25, 0.3) is 0 Å². The Balaban J connectivity index is 2.19. The standard InChI is InChI=1S/C15H15NO4S/c1-9-5-4-6-13(16(18)19)15(9)20-8-14(17)12-7-10(2)21-11(12)3/h4-7H,8H2,1-3H3. The molecule has 2 rings (SSSR count). The number of Topliss-reactive ketones (excluding diaryl/α,β-unsaturated/α-hetero) is 1. The number of aryl methyl sites for hydroxylation is 3. The molecule has 0 aliphatic carbocycles. The third-order valence-electron chi connectivity index (χ3n) is 3.08. The van der Waals surface area contributed by atoms with E-state index in [1.807, 2.05) is 19.9 Å². The molecule has 0 fully saturated rings. The number of thiophene rings is 1. The number of nitro benzene ring substituents is 1. The Morgan fingerprint density at radius 1 is 1.33 bits per heavy atom. The molecule has 0 N–H and O–H groups in total. The lowest BCUT2D eigenvalue weighted by atomic mass is 10.1. The second kappa shape index (κ2) is 6.05. The molecule has 1 aromatic carbocycles. The van der Waals surface area contributed by atoms with Crippen LogP contribution in [0.25, 0.3) is 0 Å². The molecule has 2 aromatic rings. The SMILES string of the molecule is Cc1cc(C(=O)COc2c(C)cccc2[N+](=O)[O-])c(C)s1. The fourth-order valence-electron chi connectivity index (χ4n) is 2.09. The average Bonchev–Trinajstić information content (AvgIpc) is 2.75. The first-order chi connectivity index (χ1) is 9.90. The highest BCUT2D eigenvalue weighted by atomic mass is 32.1. The summed E-state index contributed by atoms with van der Waals surface area (Å²) in [7, 11) is 0. The number of para-hydroxylation sites is 1. The van der Waals surface area contributed by atoms with Crippen LogP contribution in [0.5, 0.6) is 5.75 Å². The van der Waals surface area contributed by atoms with Gasteiger partial charge in [-0.25, -0.2) is 0 Å². The summed E-state index contributed by atoms with van der Waals surface area (Å²) in [6.45, 7) is 5.32. The molecule has 0 saturated heterocycles. The zero-order chi connectivity index (χ0) is 15.6. The molecule has 0 unspecified atom stereocenters. The molecular formula is C15H15NO4S. The average molecular weight is 305 g/mol. The number of rotatable bonds is 5. The third kappa shape index (κ3) is 3.28. The van der Waals surface area contributed by atoms with Gasteiger partial charge in [-0.15, -0.1) is 11.3 Å². The minimum absolute atomic E-state index is 0.124. The van der Waals surface area contributed by atoms with Gasteiger partial charge in [0.15, 0.2) is 6.61 Å². The van der Waals surface area contributed by atoms with Crippen LogP contribution in [0.3, 0.4) is 0 Å². The maximum atomic E-state index is 12.2. The molecular weight excluding hydrogens is 290 g/mol. The topological polar surface area (TPSA) is 69.4 Å². The van der Waals surface area contributed by atoms with Crippen molar-refractivity contribution in [2.45, 2.75) is 20.8 Å². The Kier molecular flexibility index (Phi) is 4.37. The van der Waals surface area contributed by atoms with Gasteiger partial charge in [-0.3, -0.25) is 14.9 Å². The highest BCUT2D eigenvalue weighted by molar-refractivity contribution is 7.12. The fourth-order valence-corrected chi connectivity index (χ4v) is 3.03. The van der Waals surface area contributed by atoms with Crippen molar-refractivity contribution in [3.05, 3.63) is 55.3 Å². The summed E-state index contributed by atoms with van der Waals surface area (Å²) in [6, 6.07) is 6.49. The molecule has 0 saturated carbocycles. The summed E-state index contributed by atoms with van der Waals surface area (Å²) in [5.41, 5.74) is 1.13. The minimum Gasteiger partial charge on any atom is -0.478 e. The van der Waals surface area contributed by atoms with Crippen molar-refractivity contribution in [1.29, 1.82) is 0 Å². The van der Waals surface area contributed by atoms with Gasteiger partial charge in [0.2, 0.25) is 11.5 Å². The quantitative estimate of drug-likeness (QED) is 0.478.